The second kappa shape index (κ2) is 6.52. The molecule has 1 aliphatic rings. The third kappa shape index (κ3) is 3.67. The first-order valence-electron chi connectivity index (χ1n) is 6.83. The second-order valence-electron chi connectivity index (χ2n) is 4.86. The maximum absolute atomic E-state index is 10.9. The van der Waals surface area contributed by atoms with Gasteiger partial charge in [-0.2, -0.15) is 0 Å². The van der Waals surface area contributed by atoms with Crippen molar-refractivity contribution in [3.8, 4) is 0 Å². The molecular formula is C14H20N2O3. The van der Waals surface area contributed by atoms with E-state index in [-0.39, 0.29) is 10.6 Å². The van der Waals surface area contributed by atoms with Crippen LogP contribution in [0.15, 0.2) is 18.2 Å². The van der Waals surface area contributed by atoms with Crippen LogP contribution in [0, 0.1) is 10.1 Å². The zero-order valence-electron chi connectivity index (χ0n) is 11.2. The van der Waals surface area contributed by atoms with E-state index >= 15 is 0 Å². The Morgan fingerprint density at radius 1 is 1.42 bits per heavy atom. The molecule has 0 aromatic heterocycles. The summed E-state index contributed by atoms with van der Waals surface area (Å²) in [5.41, 5.74) is 1.67. The normalized spacial score (nSPS) is 15.6. The lowest BCUT2D eigenvalue weighted by molar-refractivity contribution is -0.384. The molecule has 1 fully saturated rings. The highest BCUT2D eigenvalue weighted by Crippen LogP contribution is 2.27. The van der Waals surface area contributed by atoms with Crippen LogP contribution in [0.1, 0.15) is 38.2 Å². The molecule has 5 heteroatoms. The minimum atomic E-state index is -0.362. The van der Waals surface area contributed by atoms with Crippen LogP contribution in [0.3, 0.4) is 0 Å². The van der Waals surface area contributed by atoms with Crippen molar-refractivity contribution in [3.63, 3.8) is 0 Å². The Morgan fingerprint density at radius 3 is 2.79 bits per heavy atom. The minimum Gasteiger partial charge on any atom is -0.380 e. The highest BCUT2D eigenvalue weighted by atomic mass is 16.6. The standard InChI is InChI=1S/C14H20N2O3/c1-2-15-13-9-11(7-8-14(13)16(17)18)10-19-12-5-3-4-6-12/h7-9,12,15H,2-6,10H2,1H3. The molecule has 0 bridgehead atoms. The molecule has 0 saturated heterocycles. The van der Waals surface area contributed by atoms with Crippen LogP contribution in [0.5, 0.6) is 0 Å². The Kier molecular flexibility index (Phi) is 4.74. The number of ether oxygens (including phenoxy) is 1. The summed E-state index contributed by atoms with van der Waals surface area (Å²) >= 11 is 0. The van der Waals surface area contributed by atoms with E-state index in [0.717, 1.165) is 18.4 Å². The van der Waals surface area contributed by atoms with Gasteiger partial charge < -0.3 is 10.1 Å². The molecule has 0 unspecified atom stereocenters. The molecular weight excluding hydrogens is 244 g/mol. The molecule has 0 spiro atoms. The number of nitrogens with zero attached hydrogens (tertiary/aromatic N) is 1. The molecule has 1 aliphatic carbocycles. The quantitative estimate of drug-likeness (QED) is 0.631. The molecule has 1 aromatic rings. The van der Waals surface area contributed by atoms with Crippen molar-refractivity contribution in [3.05, 3.63) is 33.9 Å². The Morgan fingerprint density at radius 2 is 2.16 bits per heavy atom. The molecule has 1 saturated carbocycles. The number of nitro benzene ring substituents is 1. The van der Waals surface area contributed by atoms with Gasteiger partial charge in [0.05, 0.1) is 17.6 Å². The van der Waals surface area contributed by atoms with Gasteiger partial charge in [-0.3, -0.25) is 10.1 Å². The lowest BCUT2D eigenvalue weighted by Gasteiger charge is -2.12. The predicted octanol–water partition coefficient (Wildman–Crippen LogP) is 3.49. The van der Waals surface area contributed by atoms with Gasteiger partial charge in [0, 0.05) is 12.6 Å². The van der Waals surface area contributed by atoms with Crippen molar-refractivity contribution in [1.29, 1.82) is 0 Å². The van der Waals surface area contributed by atoms with Crippen molar-refractivity contribution < 1.29 is 9.66 Å². The van der Waals surface area contributed by atoms with Crippen molar-refractivity contribution in [1.82, 2.24) is 0 Å². The fraction of sp³-hybridized carbons (Fsp3) is 0.571. The summed E-state index contributed by atoms with van der Waals surface area (Å²) in [4.78, 5) is 10.5. The van der Waals surface area contributed by atoms with Gasteiger partial charge >= 0.3 is 0 Å². The molecule has 0 heterocycles. The molecule has 5 nitrogen and oxygen atoms in total. The lowest BCUT2D eigenvalue weighted by atomic mass is 10.1. The average molecular weight is 264 g/mol. The van der Waals surface area contributed by atoms with E-state index in [1.165, 1.54) is 12.8 Å². The molecule has 0 atom stereocenters. The first-order valence-corrected chi connectivity index (χ1v) is 6.83. The average Bonchev–Trinajstić information content (AvgIpc) is 2.90. The lowest BCUT2D eigenvalue weighted by Crippen LogP contribution is -2.08. The third-order valence-corrected chi connectivity index (χ3v) is 3.41. The Hall–Kier alpha value is -1.62. The van der Waals surface area contributed by atoms with Crippen molar-refractivity contribution in [2.45, 2.75) is 45.3 Å². The van der Waals surface area contributed by atoms with E-state index in [2.05, 4.69) is 5.32 Å². The number of hydrogen-bond acceptors (Lipinski definition) is 4. The summed E-state index contributed by atoms with van der Waals surface area (Å²) in [6, 6.07) is 5.13. The highest BCUT2D eigenvalue weighted by molar-refractivity contribution is 5.62. The molecule has 0 radical (unpaired) electrons. The summed E-state index contributed by atoms with van der Waals surface area (Å²) in [7, 11) is 0. The van der Waals surface area contributed by atoms with Crippen molar-refractivity contribution >= 4 is 11.4 Å². The predicted molar refractivity (Wildman–Crippen MR) is 74.3 cm³/mol. The van der Waals surface area contributed by atoms with Crippen LogP contribution in [0.4, 0.5) is 11.4 Å². The van der Waals surface area contributed by atoms with Gasteiger partial charge in [0.15, 0.2) is 0 Å². The molecule has 1 aromatic carbocycles. The van der Waals surface area contributed by atoms with E-state index in [4.69, 9.17) is 4.74 Å². The van der Waals surface area contributed by atoms with E-state index in [1.54, 1.807) is 12.1 Å². The van der Waals surface area contributed by atoms with Gasteiger partial charge in [0.1, 0.15) is 5.69 Å². The van der Waals surface area contributed by atoms with Gasteiger partial charge in [0.2, 0.25) is 0 Å². The number of nitro groups is 1. The summed E-state index contributed by atoms with van der Waals surface area (Å²) in [5.74, 6) is 0. The van der Waals surface area contributed by atoms with Crippen LogP contribution in [-0.4, -0.2) is 17.6 Å². The van der Waals surface area contributed by atoms with Gasteiger partial charge in [-0.1, -0.05) is 12.8 Å². The maximum Gasteiger partial charge on any atom is 0.292 e. The van der Waals surface area contributed by atoms with E-state index in [1.807, 2.05) is 13.0 Å². The summed E-state index contributed by atoms with van der Waals surface area (Å²) in [6.45, 7) is 3.11. The van der Waals surface area contributed by atoms with Crippen LogP contribution in [0.2, 0.25) is 0 Å². The van der Waals surface area contributed by atoms with Gasteiger partial charge in [-0.05, 0) is 37.5 Å². The highest BCUT2D eigenvalue weighted by Gasteiger charge is 2.17. The Bertz CT molecular complexity index is 442. The first-order chi connectivity index (χ1) is 9.20. The number of nitrogens with one attached hydrogen (secondary N) is 1. The van der Waals surface area contributed by atoms with E-state index in [0.29, 0.717) is 24.9 Å². The maximum atomic E-state index is 10.9. The third-order valence-electron chi connectivity index (χ3n) is 3.41. The van der Waals surface area contributed by atoms with Crippen LogP contribution >= 0.6 is 0 Å². The van der Waals surface area contributed by atoms with Crippen molar-refractivity contribution in [2.24, 2.45) is 0 Å². The van der Waals surface area contributed by atoms with Crippen LogP contribution in [0.25, 0.3) is 0 Å². The van der Waals surface area contributed by atoms with E-state index in [9.17, 15) is 10.1 Å². The number of hydrogen-bond donors (Lipinski definition) is 1. The van der Waals surface area contributed by atoms with Gasteiger partial charge in [0.25, 0.3) is 5.69 Å². The number of benzene rings is 1. The van der Waals surface area contributed by atoms with Gasteiger partial charge in [-0.25, -0.2) is 0 Å². The molecule has 104 valence electrons. The monoisotopic (exact) mass is 264 g/mol. The smallest absolute Gasteiger partial charge is 0.292 e. The fourth-order valence-electron chi connectivity index (χ4n) is 2.43. The zero-order valence-corrected chi connectivity index (χ0v) is 11.2. The van der Waals surface area contributed by atoms with E-state index < -0.39 is 0 Å². The molecule has 0 amide bonds. The van der Waals surface area contributed by atoms with Crippen molar-refractivity contribution in [2.75, 3.05) is 11.9 Å². The van der Waals surface area contributed by atoms with Gasteiger partial charge in [-0.15, -0.1) is 0 Å². The zero-order chi connectivity index (χ0) is 13.7. The molecule has 2 rings (SSSR count). The molecule has 0 aliphatic heterocycles. The van der Waals surface area contributed by atoms with Crippen LogP contribution < -0.4 is 5.32 Å². The minimum absolute atomic E-state index is 0.117. The SMILES string of the molecule is CCNc1cc(COC2CCCC2)ccc1[N+](=O)[O-]. The Balaban J connectivity index is 2.04. The summed E-state index contributed by atoms with van der Waals surface area (Å²) in [6.07, 6.45) is 5.11. The Labute approximate surface area is 113 Å². The number of rotatable bonds is 6. The molecule has 19 heavy (non-hydrogen) atoms. The summed E-state index contributed by atoms with van der Waals surface area (Å²) in [5, 5.41) is 13.9. The largest absolute Gasteiger partial charge is 0.380 e. The van der Waals surface area contributed by atoms with Crippen LogP contribution in [-0.2, 0) is 11.3 Å². The topological polar surface area (TPSA) is 64.4 Å². The first kappa shape index (κ1) is 13.8. The number of anilines is 1. The molecule has 1 N–H and O–H groups in total. The fourth-order valence-corrected chi connectivity index (χ4v) is 2.43. The summed E-state index contributed by atoms with van der Waals surface area (Å²) < 4.78 is 5.82. The second-order valence-corrected chi connectivity index (χ2v) is 4.86.